The molecule has 3 N–H and O–H groups in total. The highest BCUT2D eigenvalue weighted by molar-refractivity contribution is 5.85. The van der Waals surface area contributed by atoms with E-state index in [0.717, 1.165) is 18.4 Å². The maximum absolute atomic E-state index is 11.3. The summed E-state index contributed by atoms with van der Waals surface area (Å²) in [6, 6.07) is 10.3. The summed E-state index contributed by atoms with van der Waals surface area (Å²) in [6.07, 6.45) is 5.19. The van der Waals surface area contributed by atoms with Crippen LogP contribution in [0.15, 0.2) is 36.4 Å². The van der Waals surface area contributed by atoms with Gasteiger partial charge in [-0.3, -0.25) is 5.32 Å². The summed E-state index contributed by atoms with van der Waals surface area (Å²) >= 11 is 0. The normalized spacial score (nSPS) is 11.3. The number of methoxy groups -OCH3 is 1. The number of carbonyl (C=O) groups excluding carboxylic acids is 1. The lowest BCUT2D eigenvalue weighted by Gasteiger charge is -2.26. The number of ether oxygens (including phenoxy) is 1. The van der Waals surface area contributed by atoms with Crippen molar-refractivity contribution in [2.75, 3.05) is 12.4 Å². The first-order valence-corrected chi connectivity index (χ1v) is 9.80. The minimum Gasteiger partial charge on any atom is -0.507 e. The molecule has 0 radical (unpaired) electrons. The molecule has 2 rings (SSSR count). The molecular formula is C23H31NO4. The van der Waals surface area contributed by atoms with Gasteiger partial charge in [0.05, 0.1) is 12.7 Å². The van der Waals surface area contributed by atoms with Crippen molar-refractivity contribution in [2.24, 2.45) is 0 Å². The molecule has 0 aliphatic rings. The Morgan fingerprint density at radius 1 is 1.04 bits per heavy atom. The summed E-state index contributed by atoms with van der Waals surface area (Å²) in [4.78, 5) is 11.3. The third-order valence-corrected chi connectivity index (χ3v) is 5.14. The van der Waals surface area contributed by atoms with Crippen LogP contribution in [0.2, 0.25) is 0 Å². The topological polar surface area (TPSA) is 78.8 Å². The van der Waals surface area contributed by atoms with Gasteiger partial charge < -0.3 is 14.9 Å². The molecule has 0 fully saturated rings. The van der Waals surface area contributed by atoms with Gasteiger partial charge in [-0.1, -0.05) is 58.6 Å². The fraction of sp³-hybridized carbons (Fsp3) is 0.435. The van der Waals surface area contributed by atoms with Crippen LogP contribution in [0.5, 0.6) is 11.5 Å². The Hall–Kier alpha value is -2.69. The molecule has 1 amide bonds. The van der Waals surface area contributed by atoms with E-state index >= 15 is 0 Å². The van der Waals surface area contributed by atoms with Crippen molar-refractivity contribution in [1.82, 2.24) is 0 Å². The van der Waals surface area contributed by atoms with E-state index in [0.29, 0.717) is 16.8 Å². The van der Waals surface area contributed by atoms with Crippen molar-refractivity contribution in [3.8, 4) is 22.6 Å². The van der Waals surface area contributed by atoms with Crippen LogP contribution in [-0.4, -0.2) is 23.4 Å². The number of hydrogen-bond donors (Lipinski definition) is 3. The molecule has 2 aromatic carbocycles. The van der Waals surface area contributed by atoms with E-state index in [1.807, 2.05) is 0 Å². The predicted molar refractivity (Wildman–Crippen MR) is 113 cm³/mol. The van der Waals surface area contributed by atoms with Crippen LogP contribution in [0.1, 0.15) is 58.4 Å². The fourth-order valence-electron chi connectivity index (χ4n) is 3.33. The van der Waals surface area contributed by atoms with Crippen molar-refractivity contribution in [3.05, 3.63) is 42.0 Å². The van der Waals surface area contributed by atoms with Gasteiger partial charge in [0.15, 0.2) is 0 Å². The van der Waals surface area contributed by atoms with Crippen molar-refractivity contribution in [2.45, 2.75) is 58.3 Å². The van der Waals surface area contributed by atoms with E-state index in [1.54, 1.807) is 36.4 Å². The number of amides is 1. The summed E-state index contributed by atoms with van der Waals surface area (Å²) in [5.74, 6) is 0.0932. The first-order chi connectivity index (χ1) is 13.3. The maximum atomic E-state index is 11.3. The molecule has 0 bridgehead atoms. The molecule has 5 heteroatoms. The van der Waals surface area contributed by atoms with E-state index in [2.05, 4.69) is 30.8 Å². The van der Waals surface area contributed by atoms with Crippen LogP contribution in [0, 0.1) is 0 Å². The number of unbranched alkanes of at least 4 members (excludes halogenated alkanes) is 3. The summed E-state index contributed by atoms with van der Waals surface area (Å²) < 4.78 is 4.56. The van der Waals surface area contributed by atoms with Gasteiger partial charge in [-0.25, -0.2) is 4.79 Å². The molecule has 0 aliphatic heterocycles. The van der Waals surface area contributed by atoms with E-state index in [4.69, 9.17) is 0 Å². The SMILES string of the molecule is CCCCCCC(C)(C)c1cc(O)c(-c2ccc(NC(=O)OC)cc2)c(O)c1. The number of hydrogen-bond acceptors (Lipinski definition) is 4. The maximum Gasteiger partial charge on any atom is 0.411 e. The second-order valence-corrected chi connectivity index (χ2v) is 7.78. The number of aromatic hydroxyl groups is 2. The van der Waals surface area contributed by atoms with E-state index in [-0.39, 0.29) is 16.9 Å². The molecule has 0 spiro atoms. The quantitative estimate of drug-likeness (QED) is 0.473. The van der Waals surface area contributed by atoms with Crippen LogP contribution < -0.4 is 5.32 Å². The molecule has 152 valence electrons. The molecule has 0 aliphatic carbocycles. The highest BCUT2D eigenvalue weighted by atomic mass is 16.5. The number of phenols is 2. The van der Waals surface area contributed by atoms with Crippen molar-refractivity contribution in [3.63, 3.8) is 0 Å². The van der Waals surface area contributed by atoms with Crippen LogP contribution in [0.25, 0.3) is 11.1 Å². The van der Waals surface area contributed by atoms with Crippen LogP contribution in [0.3, 0.4) is 0 Å². The molecule has 0 heterocycles. The molecule has 28 heavy (non-hydrogen) atoms. The third-order valence-electron chi connectivity index (χ3n) is 5.14. The Balaban J connectivity index is 2.22. The fourth-order valence-corrected chi connectivity index (χ4v) is 3.33. The van der Waals surface area contributed by atoms with Gasteiger partial charge in [-0.2, -0.15) is 0 Å². The number of anilines is 1. The monoisotopic (exact) mass is 385 g/mol. The van der Waals surface area contributed by atoms with Crippen LogP contribution in [-0.2, 0) is 10.2 Å². The van der Waals surface area contributed by atoms with Gasteiger partial charge in [-0.15, -0.1) is 0 Å². The number of carbonyl (C=O) groups is 1. The van der Waals surface area contributed by atoms with Gasteiger partial charge >= 0.3 is 6.09 Å². The summed E-state index contributed by atoms with van der Waals surface area (Å²) in [5.41, 5.74) is 2.41. The average molecular weight is 386 g/mol. The molecule has 2 aromatic rings. The standard InChI is InChI=1S/C23H31NO4/c1-5-6-7-8-13-23(2,3)17-14-19(25)21(20(26)15-17)16-9-11-18(12-10-16)24-22(27)28-4/h9-12,14-15,25-26H,5-8,13H2,1-4H3,(H,24,27). The number of nitrogens with one attached hydrogen (secondary N) is 1. The minimum atomic E-state index is -0.552. The van der Waals surface area contributed by atoms with Gasteiger partial charge in [0.2, 0.25) is 0 Å². The third kappa shape index (κ3) is 5.41. The van der Waals surface area contributed by atoms with E-state index < -0.39 is 6.09 Å². The average Bonchev–Trinajstić information content (AvgIpc) is 2.66. The molecule has 0 atom stereocenters. The molecule has 0 saturated heterocycles. The highest BCUT2D eigenvalue weighted by Gasteiger charge is 2.23. The van der Waals surface area contributed by atoms with Crippen molar-refractivity contribution >= 4 is 11.8 Å². The zero-order chi connectivity index (χ0) is 20.7. The summed E-state index contributed by atoms with van der Waals surface area (Å²) in [5, 5.41) is 23.8. The lowest BCUT2D eigenvalue weighted by molar-refractivity contribution is 0.187. The lowest BCUT2D eigenvalue weighted by atomic mass is 9.79. The number of phenolic OH excluding ortho intramolecular Hbond substituents is 2. The molecule has 5 nitrogen and oxygen atoms in total. The van der Waals surface area contributed by atoms with Crippen molar-refractivity contribution < 1.29 is 19.7 Å². The minimum absolute atomic E-state index is 0.0466. The first kappa shape index (κ1) is 21.6. The van der Waals surface area contributed by atoms with Gasteiger partial charge in [0.25, 0.3) is 0 Å². The zero-order valence-electron chi connectivity index (χ0n) is 17.2. The molecule has 0 saturated carbocycles. The van der Waals surface area contributed by atoms with Crippen LogP contribution in [0.4, 0.5) is 10.5 Å². The Labute approximate surface area is 167 Å². The largest absolute Gasteiger partial charge is 0.507 e. The Morgan fingerprint density at radius 3 is 2.18 bits per heavy atom. The van der Waals surface area contributed by atoms with Crippen molar-refractivity contribution in [1.29, 1.82) is 0 Å². The number of benzene rings is 2. The summed E-state index contributed by atoms with van der Waals surface area (Å²) in [7, 11) is 1.30. The van der Waals surface area contributed by atoms with Crippen LogP contribution >= 0.6 is 0 Å². The second kappa shape index (κ2) is 9.49. The Bertz CT molecular complexity index is 774. The lowest BCUT2D eigenvalue weighted by Crippen LogP contribution is -2.17. The van der Waals surface area contributed by atoms with Gasteiger partial charge in [0.1, 0.15) is 11.5 Å². The van der Waals surface area contributed by atoms with E-state index in [1.165, 1.54) is 26.4 Å². The second-order valence-electron chi connectivity index (χ2n) is 7.78. The van der Waals surface area contributed by atoms with E-state index in [9.17, 15) is 15.0 Å². The summed E-state index contributed by atoms with van der Waals surface area (Å²) in [6.45, 7) is 6.47. The first-order valence-electron chi connectivity index (χ1n) is 9.80. The predicted octanol–water partition coefficient (Wildman–Crippen LogP) is 6.19. The smallest absolute Gasteiger partial charge is 0.411 e. The van der Waals surface area contributed by atoms with Gasteiger partial charge in [-0.05, 0) is 47.2 Å². The number of rotatable bonds is 8. The zero-order valence-corrected chi connectivity index (χ0v) is 17.2. The Morgan fingerprint density at radius 2 is 1.64 bits per heavy atom. The molecule has 0 aromatic heterocycles. The molecule has 0 unspecified atom stereocenters. The highest BCUT2D eigenvalue weighted by Crippen LogP contribution is 2.42. The molecular weight excluding hydrogens is 354 g/mol. The Kier molecular flexibility index (Phi) is 7.32. The van der Waals surface area contributed by atoms with Gasteiger partial charge in [0, 0.05) is 5.69 Å².